The van der Waals surface area contributed by atoms with Crippen LogP contribution in [0.5, 0.6) is 0 Å². The number of aryl methyl sites for hydroxylation is 1. The van der Waals surface area contributed by atoms with Crippen molar-refractivity contribution in [3.8, 4) is 0 Å². The first-order valence-electron chi connectivity index (χ1n) is 7.19. The average Bonchev–Trinajstić information content (AvgIpc) is 2.51. The lowest BCUT2D eigenvalue weighted by molar-refractivity contribution is 0.248. The standard InChI is InChI=1S/C17H17FN2OS/c1-11-5-7-12(8-6-11)19-17(21)20-15-9-10-22-16-13(15)3-2-4-14(16)18/h2-8,15H,9-10H2,1H3,(H2,19,20,21)/t15-/m0/s1. The summed E-state index contributed by atoms with van der Waals surface area (Å²) >= 11 is 1.51. The number of anilines is 1. The average molecular weight is 316 g/mol. The molecule has 1 heterocycles. The van der Waals surface area contributed by atoms with Gasteiger partial charge in [0, 0.05) is 16.3 Å². The number of amides is 2. The molecule has 3 nitrogen and oxygen atoms in total. The van der Waals surface area contributed by atoms with Crippen LogP contribution in [-0.4, -0.2) is 11.8 Å². The Labute approximate surface area is 133 Å². The van der Waals surface area contributed by atoms with Crippen LogP contribution in [0.15, 0.2) is 47.4 Å². The topological polar surface area (TPSA) is 41.1 Å². The van der Waals surface area contributed by atoms with Gasteiger partial charge in [0.05, 0.1) is 6.04 Å². The highest BCUT2D eigenvalue weighted by Crippen LogP contribution is 2.37. The minimum absolute atomic E-state index is 0.155. The van der Waals surface area contributed by atoms with Gasteiger partial charge in [-0.3, -0.25) is 0 Å². The fourth-order valence-corrected chi connectivity index (χ4v) is 3.64. The smallest absolute Gasteiger partial charge is 0.319 e. The number of benzene rings is 2. The second-order valence-electron chi connectivity index (χ2n) is 5.31. The summed E-state index contributed by atoms with van der Waals surface area (Å²) in [5.74, 6) is 0.580. The van der Waals surface area contributed by atoms with E-state index in [2.05, 4.69) is 10.6 Å². The monoisotopic (exact) mass is 316 g/mol. The van der Waals surface area contributed by atoms with Crippen molar-refractivity contribution in [2.24, 2.45) is 0 Å². The molecule has 0 unspecified atom stereocenters. The summed E-state index contributed by atoms with van der Waals surface area (Å²) < 4.78 is 13.8. The molecule has 1 atom stereocenters. The highest BCUT2D eigenvalue weighted by molar-refractivity contribution is 7.99. The van der Waals surface area contributed by atoms with Gasteiger partial charge in [-0.1, -0.05) is 29.8 Å². The molecule has 3 rings (SSSR count). The molecule has 0 saturated carbocycles. The quantitative estimate of drug-likeness (QED) is 0.857. The van der Waals surface area contributed by atoms with Crippen LogP contribution in [0.3, 0.4) is 0 Å². The summed E-state index contributed by atoms with van der Waals surface area (Å²) in [7, 11) is 0. The molecule has 0 aromatic heterocycles. The molecule has 0 bridgehead atoms. The summed E-state index contributed by atoms with van der Waals surface area (Å²) in [6.07, 6.45) is 0.794. The number of hydrogen-bond acceptors (Lipinski definition) is 2. The fraction of sp³-hybridized carbons (Fsp3) is 0.235. The van der Waals surface area contributed by atoms with E-state index in [4.69, 9.17) is 0 Å². The number of nitrogens with one attached hydrogen (secondary N) is 2. The molecule has 2 amide bonds. The maximum Gasteiger partial charge on any atom is 0.319 e. The van der Waals surface area contributed by atoms with E-state index in [0.717, 1.165) is 29.0 Å². The summed E-state index contributed by atoms with van der Waals surface area (Å²) in [5, 5.41) is 5.75. The van der Waals surface area contributed by atoms with Crippen LogP contribution >= 0.6 is 11.8 Å². The number of fused-ring (bicyclic) bond motifs is 1. The zero-order chi connectivity index (χ0) is 15.5. The first-order chi connectivity index (χ1) is 10.6. The van der Waals surface area contributed by atoms with Crippen molar-refractivity contribution in [1.82, 2.24) is 5.32 Å². The maximum atomic E-state index is 13.8. The number of hydrogen-bond donors (Lipinski definition) is 2. The summed E-state index contributed by atoms with van der Waals surface area (Å²) in [6, 6.07) is 12.2. The van der Waals surface area contributed by atoms with E-state index < -0.39 is 0 Å². The Kier molecular flexibility index (Phi) is 4.34. The largest absolute Gasteiger partial charge is 0.331 e. The normalized spacial score (nSPS) is 16.7. The molecule has 2 aromatic carbocycles. The van der Waals surface area contributed by atoms with Crippen LogP contribution in [0.25, 0.3) is 0 Å². The Balaban J connectivity index is 1.70. The van der Waals surface area contributed by atoms with Crippen LogP contribution in [0.1, 0.15) is 23.6 Å². The van der Waals surface area contributed by atoms with Gasteiger partial charge in [0.15, 0.2) is 0 Å². The number of rotatable bonds is 2. The lowest BCUT2D eigenvalue weighted by Gasteiger charge is -2.26. The Morgan fingerprint density at radius 2 is 2.00 bits per heavy atom. The highest BCUT2D eigenvalue weighted by atomic mass is 32.2. The molecule has 5 heteroatoms. The molecule has 22 heavy (non-hydrogen) atoms. The van der Waals surface area contributed by atoms with Gasteiger partial charge < -0.3 is 10.6 Å². The lowest BCUT2D eigenvalue weighted by atomic mass is 10.0. The predicted octanol–water partition coefficient (Wildman–Crippen LogP) is 4.49. The maximum absolute atomic E-state index is 13.8. The molecule has 0 spiro atoms. The SMILES string of the molecule is Cc1ccc(NC(=O)N[C@H]2CCSc3c(F)cccc32)cc1. The van der Waals surface area contributed by atoms with Crippen molar-refractivity contribution in [2.45, 2.75) is 24.3 Å². The van der Waals surface area contributed by atoms with E-state index in [1.807, 2.05) is 37.3 Å². The van der Waals surface area contributed by atoms with Gasteiger partial charge in [-0.05, 0) is 37.1 Å². The third kappa shape index (κ3) is 3.25. The molecule has 2 aromatic rings. The molecule has 0 radical (unpaired) electrons. The van der Waals surface area contributed by atoms with Gasteiger partial charge in [-0.25, -0.2) is 9.18 Å². The van der Waals surface area contributed by atoms with Crippen LogP contribution in [0.2, 0.25) is 0 Å². The van der Waals surface area contributed by atoms with Crippen LogP contribution in [-0.2, 0) is 0 Å². The van der Waals surface area contributed by atoms with E-state index >= 15 is 0 Å². The number of halogens is 1. The van der Waals surface area contributed by atoms with Crippen LogP contribution in [0, 0.1) is 12.7 Å². The molecular formula is C17H17FN2OS. The molecule has 0 saturated heterocycles. The zero-order valence-corrected chi connectivity index (χ0v) is 13.0. The first kappa shape index (κ1) is 14.9. The molecule has 0 fully saturated rings. The summed E-state index contributed by atoms with van der Waals surface area (Å²) in [4.78, 5) is 12.8. The van der Waals surface area contributed by atoms with Crippen LogP contribution in [0.4, 0.5) is 14.9 Å². The molecule has 1 aliphatic heterocycles. The Hall–Kier alpha value is -2.01. The number of carbonyl (C=O) groups is 1. The van der Waals surface area contributed by atoms with Crippen molar-refractivity contribution < 1.29 is 9.18 Å². The van der Waals surface area contributed by atoms with E-state index in [0.29, 0.717) is 4.90 Å². The first-order valence-corrected chi connectivity index (χ1v) is 8.17. The van der Waals surface area contributed by atoms with Gasteiger partial charge in [-0.2, -0.15) is 0 Å². The fourth-order valence-electron chi connectivity index (χ4n) is 2.50. The number of urea groups is 1. The molecule has 2 N–H and O–H groups in total. The second-order valence-corrected chi connectivity index (χ2v) is 6.42. The minimum atomic E-state index is -0.268. The Bertz CT molecular complexity index is 688. The molecule has 0 aliphatic carbocycles. The van der Waals surface area contributed by atoms with Crippen molar-refractivity contribution in [1.29, 1.82) is 0 Å². The van der Waals surface area contributed by atoms with Gasteiger partial charge in [-0.15, -0.1) is 11.8 Å². The van der Waals surface area contributed by atoms with E-state index in [9.17, 15) is 9.18 Å². The number of carbonyl (C=O) groups excluding carboxylic acids is 1. The van der Waals surface area contributed by atoms with Crippen molar-refractivity contribution in [2.75, 3.05) is 11.1 Å². The predicted molar refractivity (Wildman–Crippen MR) is 87.8 cm³/mol. The van der Waals surface area contributed by atoms with Gasteiger partial charge in [0.25, 0.3) is 0 Å². The van der Waals surface area contributed by atoms with Crippen molar-refractivity contribution >= 4 is 23.5 Å². The highest BCUT2D eigenvalue weighted by Gasteiger charge is 2.24. The van der Waals surface area contributed by atoms with Crippen molar-refractivity contribution in [3.05, 3.63) is 59.4 Å². The third-order valence-electron chi connectivity index (χ3n) is 3.64. The summed E-state index contributed by atoms with van der Waals surface area (Å²) in [6.45, 7) is 2.00. The van der Waals surface area contributed by atoms with Gasteiger partial charge in [0.1, 0.15) is 5.82 Å². The van der Waals surface area contributed by atoms with Crippen molar-refractivity contribution in [3.63, 3.8) is 0 Å². The second kappa shape index (κ2) is 6.40. The number of thioether (sulfide) groups is 1. The third-order valence-corrected chi connectivity index (χ3v) is 4.80. The van der Waals surface area contributed by atoms with E-state index in [1.54, 1.807) is 6.07 Å². The Morgan fingerprint density at radius 1 is 1.23 bits per heavy atom. The van der Waals surface area contributed by atoms with Gasteiger partial charge >= 0.3 is 6.03 Å². The molecule has 1 aliphatic rings. The Morgan fingerprint density at radius 3 is 2.77 bits per heavy atom. The van der Waals surface area contributed by atoms with Gasteiger partial charge in [0.2, 0.25) is 0 Å². The zero-order valence-electron chi connectivity index (χ0n) is 12.2. The lowest BCUT2D eigenvalue weighted by Crippen LogP contribution is -2.34. The molecular weight excluding hydrogens is 299 g/mol. The van der Waals surface area contributed by atoms with E-state index in [1.165, 1.54) is 17.8 Å². The molecule has 114 valence electrons. The minimum Gasteiger partial charge on any atom is -0.331 e. The van der Waals surface area contributed by atoms with E-state index in [-0.39, 0.29) is 17.9 Å². The summed E-state index contributed by atoms with van der Waals surface area (Å²) in [5.41, 5.74) is 2.74. The van der Waals surface area contributed by atoms with Crippen LogP contribution < -0.4 is 10.6 Å².